The van der Waals surface area contributed by atoms with E-state index in [9.17, 15) is 4.79 Å². The predicted octanol–water partition coefficient (Wildman–Crippen LogP) is 3.18. The van der Waals surface area contributed by atoms with Gasteiger partial charge in [-0.1, -0.05) is 18.2 Å². The van der Waals surface area contributed by atoms with Crippen LogP contribution in [-0.4, -0.2) is 9.55 Å². The number of nitrogens with zero attached hydrogens (tertiary/aromatic N) is 2. The van der Waals surface area contributed by atoms with Crippen molar-refractivity contribution in [1.29, 1.82) is 0 Å². The van der Waals surface area contributed by atoms with Crippen LogP contribution in [0.5, 0.6) is 0 Å². The van der Waals surface area contributed by atoms with Gasteiger partial charge in [0.25, 0.3) is 5.56 Å². The van der Waals surface area contributed by atoms with Crippen molar-refractivity contribution in [2.75, 3.05) is 5.73 Å². The van der Waals surface area contributed by atoms with E-state index in [1.807, 2.05) is 47.8 Å². The molecule has 0 radical (unpaired) electrons. The molecular formula is C16H11N3OS. The number of nitrogen functional groups attached to an aromatic ring is 1. The Labute approximate surface area is 124 Å². The molecule has 0 unspecified atom stereocenters. The second kappa shape index (κ2) is 4.43. The summed E-state index contributed by atoms with van der Waals surface area (Å²) >= 11 is 1.48. The van der Waals surface area contributed by atoms with Gasteiger partial charge in [0.15, 0.2) is 0 Å². The third kappa shape index (κ3) is 1.68. The van der Waals surface area contributed by atoms with Crippen molar-refractivity contribution >= 4 is 38.1 Å². The maximum Gasteiger partial charge on any atom is 0.267 e. The molecule has 3 heterocycles. The lowest BCUT2D eigenvalue weighted by atomic mass is 10.2. The van der Waals surface area contributed by atoms with Crippen LogP contribution in [0.1, 0.15) is 0 Å². The monoisotopic (exact) mass is 293 g/mol. The average Bonchev–Trinajstić information content (AvgIpc) is 2.91. The number of benzene rings is 1. The second-order valence-corrected chi connectivity index (χ2v) is 5.63. The van der Waals surface area contributed by atoms with E-state index in [0.29, 0.717) is 16.7 Å². The summed E-state index contributed by atoms with van der Waals surface area (Å²) in [5, 5.41) is 3.33. The fraction of sp³-hybridized carbons (Fsp3) is 0. The van der Waals surface area contributed by atoms with Gasteiger partial charge in [-0.25, -0.2) is 4.98 Å². The van der Waals surface area contributed by atoms with Crippen molar-refractivity contribution in [2.24, 2.45) is 0 Å². The molecule has 4 aromatic rings. The first kappa shape index (κ1) is 12.1. The molecule has 0 bridgehead atoms. The number of aromatic nitrogens is 2. The molecule has 0 saturated carbocycles. The topological polar surface area (TPSA) is 60.9 Å². The van der Waals surface area contributed by atoms with Crippen molar-refractivity contribution in [3.05, 3.63) is 64.4 Å². The molecule has 0 aliphatic carbocycles. The number of hydrogen-bond donors (Lipinski definition) is 1. The minimum atomic E-state index is -0.124. The molecule has 4 nitrogen and oxygen atoms in total. The molecule has 2 N–H and O–H groups in total. The van der Waals surface area contributed by atoms with Crippen LogP contribution in [0, 0.1) is 0 Å². The summed E-state index contributed by atoms with van der Waals surface area (Å²) in [6, 6.07) is 13.3. The zero-order chi connectivity index (χ0) is 14.4. The summed E-state index contributed by atoms with van der Waals surface area (Å²) in [6.07, 6.45) is 1.70. The Hall–Kier alpha value is -2.66. The maximum atomic E-state index is 12.9. The van der Waals surface area contributed by atoms with Crippen molar-refractivity contribution in [2.45, 2.75) is 0 Å². The Morgan fingerprint density at radius 1 is 1.10 bits per heavy atom. The largest absolute Gasteiger partial charge is 0.397 e. The number of nitrogens with two attached hydrogens (primary N) is 1. The number of rotatable bonds is 1. The van der Waals surface area contributed by atoms with Gasteiger partial charge in [-0.3, -0.25) is 9.36 Å². The van der Waals surface area contributed by atoms with E-state index < -0.39 is 0 Å². The number of para-hydroxylation sites is 1. The molecule has 0 amide bonds. The van der Waals surface area contributed by atoms with E-state index >= 15 is 0 Å². The van der Waals surface area contributed by atoms with Crippen LogP contribution in [-0.2, 0) is 0 Å². The first-order valence-corrected chi connectivity index (χ1v) is 7.37. The molecule has 1 aromatic carbocycles. The molecule has 0 aliphatic heterocycles. The highest BCUT2D eigenvalue weighted by molar-refractivity contribution is 7.18. The van der Waals surface area contributed by atoms with Crippen LogP contribution in [0.15, 0.2) is 58.8 Å². The lowest BCUT2D eigenvalue weighted by Crippen LogP contribution is -2.19. The minimum absolute atomic E-state index is 0.124. The Kier molecular flexibility index (Phi) is 2.55. The summed E-state index contributed by atoms with van der Waals surface area (Å²) in [5.74, 6) is 0. The van der Waals surface area contributed by atoms with E-state index in [1.165, 1.54) is 11.3 Å². The number of thiophene rings is 1. The van der Waals surface area contributed by atoms with Crippen LogP contribution < -0.4 is 11.3 Å². The molecule has 102 valence electrons. The summed E-state index contributed by atoms with van der Waals surface area (Å²) in [4.78, 5) is 17.3. The molecule has 0 spiro atoms. The molecule has 5 heteroatoms. The standard InChI is InChI=1S/C16H11N3OS/c17-12-9-21-14-11-7-4-8-18-15(11)19(16(20)13(12)14)10-5-2-1-3-6-10/h1-9H,17H2. The van der Waals surface area contributed by atoms with E-state index in [2.05, 4.69) is 4.98 Å². The van der Waals surface area contributed by atoms with Gasteiger partial charge in [0.2, 0.25) is 0 Å². The van der Waals surface area contributed by atoms with E-state index in [0.717, 1.165) is 15.8 Å². The van der Waals surface area contributed by atoms with Gasteiger partial charge in [-0.15, -0.1) is 11.3 Å². The summed E-state index contributed by atoms with van der Waals surface area (Å²) in [5.41, 5.74) is 7.84. The van der Waals surface area contributed by atoms with E-state index in [1.54, 1.807) is 10.8 Å². The van der Waals surface area contributed by atoms with Gasteiger partial charge in [0.1, 0.15) is 5.65 Å². The zero-order valence-corrected chi connectivity index (χ0v) is 11.8. The number of pyridine rings is 2. The smallest absolute Gasteiger partial charge is 0.267 e. The Morgan fingerprint density at radius 3 is 2.71 bits per heavy atom. The number of hydrogen-bond acceptors (Lipinski definition) is 4. The number of anilines is 1. The molecule has 4 rings (SSSR count). The normalized spacial score (nSPS) is 11.2. The minimum Gasteiger partial charge on any atom is -0.397 e. The van der Waals surface area contributed by atoms with Gasteiger partial charge in [0.05, 0.1) is 21.5 Å². The quantitative estimate of drug-likeness (QED) is 0.586. The lowest BCUT2D eigenvalue weighted by molar-refractivity contribution is 1.03. The van der Waals surface area contributed by atoms with Gasteiger partial charge < -0.3 is 5.73 Å². The Morgan fingerprint density at radius 2 is 1.90 bits per heavy atom. The summed E-state index contributed by atoms with van der Waals surface area (Å²) < 4.78 is 2.52. The molecule has 0 saturated heterocycles. The predicted molar refractivity (Wildman–Crippen MR) is 87.1 cm³/mol. The van der Waals surface area contributed by atoms with Crippen molar-refractivity contribution in [3.63, 3.8) is 0 Å². The summed E-state index contributed by atoms with van der Waals surface area (Å²) in [7, 11) is 0. The van der Waals surface area contributed by atoms with Crippen LogP contribution in [0.2, 0.25) is 0 Å². The first-order chi connectivity index (χ1) is 10.3. The first-order valence-electron chi connectivity index (χ1n) is 6.49. The highest BCUT2D eigenvalue weighted by Gasteiger charge is 2.16. The Balaban J connectivity index is 2.30. The third-order valence-electron chi connectivity index (χ3n) is 3.49. The van der Waals surface area contributed by atoms with E-state index in [4.69, 9.17) is 5.73 Å². The van der Waals surface area contributed by atoms with Crippen LogP contribution >= 0.6 is 11.3 Å². The molecule has 0 aliphatic rings. The zero-order valence-electron chi connectivity index (χ0n) is 11.0. The Bertz CT molecular complexity index is 1020. The third-order valence-corrected chi connectivity index (χ3v) is 4.53. The van der Waals surface area contributed by atoms with Gasteiger partial charge >= 0.3 is 0 Å². The van der Waals surface area contributed by atoms with Crippen LogP contribution in [0.3, 0.4) is 0 Å². The van der Waals surface area contributed by atoms with Gasteiger partial charge in [-0.2, -0.15) is 0 Å². The SMILES string of the molecule is Nc1csc2c1c(=O)n(-c1ccccc1)c1ncccc21. The molecule has 21 heavy (non-hydrogen) atoms. The fourth-order valence-corrected chi connectivity index (χ4v) is 3.54. The average molecular weight is 293 g/mol. The van der Waals surface area contributed by atoms with Crippen molar-refractivity contribution in [1.82, 2.24) is 9.55 Å². The highest BCUT2D eigenvalue weighted by Crippen LogP contribution is 2.31. The lowest BCUT2D eigenvalue weighted by Gasteiger charge is -2.10. The van der Waals surface area contributed by atoms with Crippen LogP contribution in [0.4, 0.5) is 5.69 Å². The van der Waals surface area contributed by atoms with E-state index in [-0.39, 0.29) is 5.56 Å². The van der Waals surface area contributed by atoms with Crippen molar-refractivity contribution in [3.8, 4) is 5.69 Å². The fourth-order valence-electron chi connectivity index (χ4n) is 2.57. The molecular weight excluding hydrogens is 282 g/mol. The highest BCUT2D eigenvalue weighted by atomic mass is 32.1. The maximum absolute atomic E-state index is 12.9. The second-order valence-electron chi connectivity index (χ2n) is 4.75. The van der Waals surface area contributed by atoms with Gasteiger partial charge in [-0.05, 0) is 24.3 Å². The molecule has 0 atom stereocenters. The number of fused-ring (bicyclic) bond motifs is 3. The molecule has 0 fully saturated rings. The summed E-state index contributed by atoms with van der Waals surface area (Å²) in [6.45, 7) is 0. The van der Waals surface area contributed by atoms with Crippen molar-refractivity contribution < 1.29 is 0 Å². The van der Waals surface area contributed by atoms with Gasteiger partial charge in [0, 0.05) is 17.0 Å². The molecule has 3 aromatic heterocycles. The van der Waals surface area contributed by atoms with Crippen LogP contribution in [0.25, 0.3) is 26.8 Å².